The summed E-state index contributed by atoms with van der Waals surface area (Å²) in [6.07, 6.45) is -7.49. The number of alkyl halides is 13. The lowest BCUT2D eigenvalue weighted by molar-refractivity contribution is -0.441. The molecule has 0 heterocycles. The minimum atomic E-state index is -8.00. The van der Waals surface area contributed by atoms with Crippen molar-refractivity contribution in [2.75, 3.05) is 13.2 Å². The van der Waals surface area contributed by atoms with Gasteiger partial charge in [-0.25, -0.2) is 0 Å². The maximum absolute atomic E-state index is 13.0. The SMILES string of the molecule is O=C([O-])COCC(F)(F)C(F)(F)C(F)(F)C(F)(F)C(F)(F)C(F)(F)F. The van der Waals surface area contributed by atoms with E-state index in [0.717, 1.165) is 0 Å². The quantitative estimate of drug-likeness (QED) is 0.582. The lowest BCUT2D eigenvalue weighted by Crippen LogP contribution is -2.70. The fourth-order valence-electron chi connectivity index (χ4n) is 1.16. The van der Waals surface area contributed by atoms with Gasteiger partial charge in [-0.1, -0.05) is 0 Å². The van der Waals surface area contributed by atoms with E-state index in [9.17, 15) is 67.0 Å². The van der Waals surface area contributed by atoms with E-state index >= 15 is 0 Å². The molecular weight excluding hydrogens is 403 g/mol. The van der Waals surface area contributed by atoms with Crippen LogP contribution in [0.5, 0.6) is 0 Å². The Morgan fingerprint density at radius 1 is 0.680 bits per heavy atom. The molecule has 0 amide bonds. The molecule has 0 aliphatic rings. The number of hydrogen-bond acceptors (Lipinski definition) is 3. The van der Waals surface area contributed by atoms with Crippen LogP contribution >= 0.6 is 0 Å². The van der Waals surface area contributed by atoms with Crippen LogP contribution in [0.25, 0.3) is 0 Å². The molecule has 0 N–H and O–H groups in total. The molecule has 0 aliphatic carbocycles. The zero-order valence-corrected chi connectivity index (χ0v) is 11.1. The van der Waals surface area contributed by atoms with Gasteiger partial charge in [-0.2, -0.15) is 57.1 Å². The van der Waals surface area contributed by atoms with Crippen LogP contribution in [0, 0.1) is 0 Å². The number of carbonyl (C=O) groups excluding carboxylic acids is 1. The first kappa shape index (κ1) is 23.5. The summed E-state index contributed by atoms with van der Waals surface area (Å²) < 4.78 is 167. The Kier molecular flexibility index (Phi) is 5.98. The Morgan fingerprint density at radius 3 is 1.36 bits per heavy atom. The fraction of sp³-hybridized carbons (Fsp3) is 0.889. The molecule has 0 spiro atoms. The molecule has 0 saturated heterocycles. The summed E-state index contributed by atoms with van der Waals surface area (Å²) in [5, 5.41) is 9.77. The van der Waals surface area contributed by atoms with Crippen LogP contribution in [0.1, 0.15) is 0 Å². The molecule has 0 radical (unpaired) electrons. The minimum Gasteiger partial charge on any atom is -0.548 e. The van der Waals surface area contributed by atoms with Crippen LogP contribution in [0.2, 0.25) is 0 Å². The molecule has 16 heteroatoms. The number of halogens is 13. The zero-order chi connectivity index (χ0) is 20.7. The van der Waals surface area contributed by atoms with Crippen LogP contribution in [0.15, 0.2) is 0 Å². The fourth-order valence-corrected chi connectivity index (χ4v) is 1.16. The van der Waals surface area contributed by atoms with Crippen molar-refractivity contribution in [1.29, 1.82) is 0 Å². The van der Waals surface area contributed by atoms with E-state index < -0.39 is 55.0 Å². The summed E-state index contributed by atoms with van der Waals surface area (Å²) in [5.74, 6) is -40.0. The van der Waals surface area contributed by atoms with Crippen LogP contribution in [-0.2, 0) is 9.53 Å². The van der Waals surface area contributed by atoms with Crippen molar-refractivity contribution in [2.45, 2.75) is 35.8 Å². The second-order valence-electron chi connectivity index (χ2n) is 4.36. The van der Waals surface area contributed by atoms with Gasteiger partial charge in [-0.05, 0) is 0 Å². The van der Waals surface area contributed by atoms with Gasteiger partial charge < -0.3 is 14.6 Å². The van der Waals surface area contributed by atoms with Gasteiger partial charge in [0.15, 0.2) is 0 Å². The second kappa shape index (κ2) is 6.35. The summed E-state index contributed by atoms with van der Waals surface area (Å²) in [7, 11) is 0. The molecule has 0 bridgehead atoms. The lowest BCUT2D eigenvalue weighted by Gasteiger charge is -2.39. The van der Waals surface area contributed by atoms with Crippen molar-refractivity contribution in [1.82, 2.24) is 0 Å². The van der Waals surface area contributed by atoms with Crippen molar-refractivity contribution >= 4 is 5.97 Å². The molecule has 0 aromatic carbocycles. The van der Waals surface area contributed by atoms with Crippen molar-refractivity contribution in [3.05, 3.63) is 0 Å². The predicted octanol–water partition coefficient (Wildman–Crippen LogP) is 2.49. The van der Waals surface area contributed by atoms with E-state index in [-0.39, 0.29) is 0 Å². The third kappa shape index (κ3) is 3.72. The highest BCUT2D eigenvalue weighted by molar-refractivity contribution is 5.65. The molecular formula is C9H4F13O3-. The monoisotopic (exact) mass is 407 g/mol. The average Bonchev–Trinajstić information content (AvgIpc) is 2.35. The number of hydrogen-bond donors (Lipinski definition) is 0. The second-order valence-corrected chi connectivity index (χ2v) is 4.36. The van der Waals surface area contributed by atoms with E-state index in [4.69, 9.17) is 0 Å². The molecule has 25 heavy (non-hydrogen) atoms. The molecule has 0 rings (SSSR count). The number of ether oxygens (including phenoxy) is 1. The van der Waals surface area contributed by atoms with Crippen molar-refractivity contribution in [3.63, 3.8) is 0 Å². The van der Waals surface area contributed by atoms with Crippen molar-refractivity contribution in [3.8, 4) is 0 Å². The molecule has 3 nitrogen and oxygen atoms in total. The van der Waals surface area contributed by atoms with Crippen LogP contribution in [0.3, 0.4) is 0 Å². The van der Waals surface area contributed by atoms with E-state index in [1.165, 1.54) is 0 Å². The lowest BCUT2D eigenvalue weighted by atomic mass is 9.94. The highest BCUT2D eigenvalue weighted by Gasteiger charge is 2.90. The third-order valence-electron chi connectivity index (χ3n) is 2.50. The van der Waals surface area contributed by atoms with Gasteiger partial charge in [0.2, 0.25) is 0 Å². The number of carboxylic acid groups (broad SMARTS) is 1. The Labute approximate surface area is 128 Å². The summed E-state index contributed by atoms with van der Waals surface area (Å²) in [6, 6.07) is 0. The first-order valence-electron chi connectivity index (χ1n) is 5.40. The van der Waals surface area contributed by atoms with E-state index in [1.807, 2.05) is 0 Å². The molecule has 0 fully saturated rings. The molecule has 0 atom stereocenters. The van der Waals surface area contributed by atoms with Gasteiger partial charge in [0, 0.05) is 0 Å². The highest BCUT2D eigenvalue weighted by atomic mass is 19.4. The Bertz CT molecular complexity index is 495. The van der Waals surface area contributed by atoms with Gasteiger partial charge in [-0.15, -0.1) is 0 Å². The van der Waals surface area contributed by atoms with Gasteiger partial charge in [-0.3, -0.25) is 0 Å². The minimum absolute atomic E-state index is 1.92. The average molecular weight is 407 g/mol. The first-order valence-corrected chi connectivity index (χ1v) is 5.40. The van der Waals surface area contributed by atoms with Crippen LogP contribution in [-0.4, -0.2) is 55.0 Å². The Hall–Kier alpha value is -1.48. The Balaban J connectivity index is 5.90. The molecule has 0 saturated carbocycles. The molecule has 150 valence electrons. The van der Waals surface area contributed by atoms with Crippen molar-refractivity contribution in [2.24, 2.45) is 0 Å². The summed E-state index contributed by atoms with van der Waals surface area (Å²) in [5.41, 5.74) is 0. The summed E-state index contributed by atoms with van der Waals surface area (Å²) in [4.78, 5) is 9.77. The van der Waals surface area contributed by atoms with Crippen LogP contribution in [0.4, 0.5) is 57.1 Å². The first-order chi connectivity index (χ1) is 10.7. The zero-order valence-electron chi connectivity index (χ0n) is 11.1. The molecule has 0 aromatic rings. The molecule has 0 aromatic heterocycles. The van der Waals surface area contributed by atoms with Gasteiger partial charge >= 0.3 is 35.8 Å². The topological polar surface area (TPSA) is 49.4 Å². The van der Waals surface area contributed by atoms with E-state index in [1.54, 1.807) is 0 Å². The smallest absolute Gasteiger partial charge is 0.460 e. The van der Waals surface area contributed by atoms with Gasteiger partial charge in [0.1, 0.15) is 6.61 Å². The number of carboxylic acids is 1. The maximum atomic E-state index is 13.0. The number of carbonyl (C=O) groups is 1. The maximum Gasteiger partial charge on any atom is 0.460 e. The third-order valence-corrected chi connectivity index (χ3v) is 2.50. The van der Waals surface area contributed by atoms with Gasteiger partial charge in [0.25, 0.3) is 0 Å². The summed E-state index contributed by atoms with van der Waals surface area (Å²) >= 11 is 0. The van der Waals surface area contributed by atoms with E-state index in [0.29, 0.717) is 0 Å². The number of aliphatic carboxylic acids is 1. The molecule has 0 aliphatic heterocycles. The van der Waals surface area contributed by atoms with Crippen molar-refractivity contribution < 1.29 is 71.7 Å². The molecule has 0 unspecified atom stereocenters. The van der Waals surface area contributed by atoms with Crippen LogP contribution < -0.4 is 5.11 Å². The predicted molar refractivity (Wildman–Crippen MR) is 46.6 cm³/mol. The number of rotatable bonds is 8. The normalized spacial score (nSPS) is 15.4. The Morgan fingerprint density at radius 2 is 1.04 bits per heavy atom. The highest BCUT2D eigenvalue weighted by Crippen LogP contribution is 2.60. The van der Waals surface area contributed by atoms with Gasteiger partial charge in [0.05, 0.1) is 12.6 Å². The standard InChI is InChI=1S/C9H5F13O3/c10-4(11,2-25-1-3(23)24)5(12,13)6(14,15)7(16,17)8(18,19)9(20,21)22/h1-2H2,(H,23,24)/p-1. The largest absolute Gasteiger partial charge is 0.548 e. The van der Waals surface area contributed by atoms with E-state index in [2.05, 4.69) is 4.74 Å². The summed E-state index contributed by atoms with van der Waals surface area (Å²) in [6.45, 7) is -4.95.